The SMILES string of the molecule is O=C(Cn1nnc(-c2ccccc2)n1)Nc1ccc(OC(F)(F)Cl)cc1. The summed E-state index contributed by atoms with van der Waals surface area (Å²) in [4.78, 5) is 13.2. The lowest BCUT2D eigenvalue weighted by molar-refractivity contribution is -0.117. The van der Waals surface area contributed by atoms with E-state index >= 15 is 0 Å². The third kappa shape index (κ3) is 4.96. The Balaban J connectivity index is 1.58. The van der Waals surface area contributed by atoms with Crippen LogP contribution in [0.4, 0.5) is 14.5 Å². The first kappa shape index (κ1) is 17.7. The van der Waals surface area contributed by atoms with Crippen LogP contribution in [0.2, 0.25) is 0 Å². The minimum atomic E-state index is -3.79. The molecular weight excluding hydrogens is 368 g/mol. The zero-order valence-corrected chi connectivity index (χ0v) is 13.9. The molecule has 0 saturated carbocycles. The van der Waals surface area contributed by atoms with Gasteiger partial charge in [0.15, 0.2) is 0 Å². The molecule has 10 heteroatoms. The van der Waals surface area contributed by atoms with Crippen LogP contribution in [0.1, 0.15) is 0 Å². The summed E-state index contributed by atoms with van der Waals surface area (Å²) in [7, 11) is 0. The van der Waals surface area contributed by atoms with Crippen LogP contribution in [0.5, 0.6) is 5.75 Å². The fraction of sp³-hybridized carbons (Fsp3) is 0.125. The summed E-state index contributed by atoms with van der Waals surface area (Å²) in [6.07, 6.45) is 0. The van der Waals surface area contributed by atoms with E-state index < -0.39 is 11.5 Å². The number of tetrazole rings is 1. The molecule has 0 aliphatic heterocycles. The number of alkyl halides is 3. The highest BCUT2D eigenvalue weighted by atomic mass is 35.5. The number of nitrogens with zero attached hydrogens (tertiary/aromatic N) is 4. The van der Waals surface area contributed by atoms with Crippen LogP contribution in [-0.2, 0) is 11.3 Å². The number of hydrogen-bond acceptors (Lipinski definition) is 5. The topological polar surface area (TPSA) is 81.9 Å². The summed E-state index contributed by atoms with van der Waals surface area (Å²) >= 11 is 4.68. The number of halogens is 3. The van der Waals surface area contributed by atoms with E-state index in [0.29, 0.717) is 11.5 Å². The summed E-state index contributed by atoms with van der Waals surface area (Å²) in [6, 6.07) is 14.5. The molecule has 7 nitrogen and oxygen atoms in total. The first-order valence-electron chi connectivity index (χ1n) is 7.38. The molecule has 1 N–H and O–H groups in total. The van der Waals surface area contributed by atoms with Crippen molar-refractivity contribution in [2.24, 2.45) is 0 Å². The van der Waals surface area contributed by atoms with E-state index in [0.717, 1.165) is 10.4 Å². The lowest BCUT2D eigenvalue weighted by Gasteiger charge is -2.11. The van der Waals surface area contributed by atoms with Crippen LogP contribution < -0.4 is 10.1 Å². The number of amides is 1. The van der Waals surface area contributed by atoms with Crippen LogP contribution in [0.25, 0.3) is 11.4 Å². The molecule has 0 fully saturated rings. The van der Waals surface area contributed by atoms with Gasteiger partial charge in [0.1, 0.15) is 12.3 Å². The largest absolute Gasteiger partial charge is 0.487 e. The predicted molar refractivity (Wildman–Crippen MR) is 89.8 cm³/mol. The molecule has 0 spiro atoms. The van der Waals surface area contributed by atoms with Gasteiger partial charge in [-0.25, -0.2) is 0 Å². The van der Waals surface area contributed by atoms with Gasteiger partial charge in [-0.1, -0.05) is 30.3 Å². The van der Waals surface area contributed by atoms with Gasteiger partial charge in [-0.15, -0.1) is 19.0 Å². The van der Waals surface area contributed by atoms with Crippen LogP contribution in [0.3, 0.4) is 0 Å². The summed E-state index contributed by atoms with van der Waals surface area (Å²) in [5, 5.41) is 14.4. The Hall–Kier alpha value is -3.07. The van der Waals surface area contributed by atoms with E-state index in [1.54, 1.807) is 0 Å². The number of ether oxygens (including phenoxy) is 1. The molecule has 1 amide bonds. The van der Waals surface area contributed by atoms with Gasteiger partial charge in [0.2, 0.25) is 11.7 Å². The molecule has 0 unspecified atom stereocenters. The molecule has 0 aliphatic carbocycles. The monoisotopic (exact) mass is 379 g/mol. The van der Waals surface area contributed by atoms with Crippen LogP contribution in [0, 0.1) is 0 Å². The number of carbonyl (C=O) groups is 1. The Morgan fingerprint density at radius 2 is 1.85 bits per heavy atom. The molecule has 26 heavy (non-hydrogen) atoms. The third-order valence-corrected chi connectivity index (χ3v) is 3.22. The third-order valence-electron chi connectivity index (χ3n) is 3.14. The van der Waals surface area contributed by atoms with E-state index in [1.807, 2.05) is 30.3 Å². The lowest BCUT2D eigenvalue weighted by atomic mass is 10.2. The Bertz CT molecular complexity index is 882. The molecule has 0 aliphatic rings. The van der Waals surface area contributed by atoms with Gasteiger partial charge in [0.25, 0.3) is 0 Å². The van der Waals surface area contributed by atoms with Gasteiger partial charge < -0.3 is 10.1 Å². The van der Waals surface area contributed by atoms with E-state index in [9.17, 15) is 13.6 Å². The molecule has 0 radical (unpaired) electrons. The van der Waals surface area contributed by atoms with Crippen molar-refractivity contribution in [2.75, 3.05) is 5.32 Å². The molecule has 1 aromatic heterocycles. The first-order valence-corrected chi connectivity index (χ1v) is 7.76. The summed E-state index contributed by atoms with van der Waals surface area (Å²) in [6.45, 7) is -0.155. The average molecular weight is 380 g/mol. The second-order valence-electron chi connectivity index (χ2n) is 5.13. The zero-order chi connectivity index (χ0) is 18.6. The van der Waals surface area contributed by atoms with E-state index in [4.69, 9.17) is 0 Å². The number of hydrogen-bond donors (Lipinski definition) is 1. The quantitative estimate of drug-likeness (QED) is 0.665. The Labute approximate surface area is 151 Å². The summed E-state index contributed by atoms with van der Waals surface area (Å²) < 4.78 is 29.3. The number of rotatable bonds is 6. The summed E-state index contributed by atoms with van der Waals surface area (Å²) in [5.74, 6) is -0.131. The Kier molecular flexibility index (Phi) is 5.08. The van der Waals surface area contributed by atoms with Crippen molar-refractivity contribution in [3.63, 3.8) is 0 Å². The minimum absolute atomic E-state index is 0.131. The predicted octanol–water partition coefficient (Wildman–Crippen LogP) is 3.15. The maximum atomic E-state index is 12.5. The van der Waals surface area contributed by atoms with Gasteiger partial charge in [0, 0.05) is 22.9 Å². The van der Waals surface area contributed by atoms with Crippen molar-refractivity contribution in [1.82, 2.24) is 20.2 Å². The molecule has 3 aromatic rings. The number of nitrogens with one attached hydrogen (secondary N) is 1. The van der Waals surface area contributed by atoms with Gasteiger partial charge >= 0.3 is 5.57 Å². The van der Waals surface area contributed by atoms with E-state index in [1.165, 1.54) is 24.3 Å². The van der Waals surface area contributed by atoms with Crippen molar-refractivity contribution in [2.45, 2.75) is 12.1 Å². The second-order valence-corrected chi connectivity index (χ2v) is 5.57. The van der Waals surface area contributed by atoms with Crippen molar-refractivity contribution in [3.8, 4) is 17.1 Å². The molecule has 2 aromatic carbocycles. The highest BCUT2D eigenvalue weighted by Gasteiger charge is 2.27. The number of benzene rings is 2. The fourth-order valence-electron chi connectivity index (χ4n) is 2.08. The van der Waals surface area contributed by atoms with Crippen molar-refractivity contribution in [3.05, 3.63) is 54.6 Å². The highest BCUT2D eigenvalue weighted by molar-refractivity contribution is 6.20. The van der Waals surface area contributed by atoms with Gasteiger partial charge in [0.05, 0.1) is 0 Å². The number of carbonyl (C=O) groups excluding carboxylic acids is 1. The minimum Gasteiger partial charge on any atom is -0.420 e. The van der Waals surface area contributed by atoms with Crippen molar-refractivity contribution < 1.29 is 18.3 Å². The molecule has 134 valence electrons. The molecule has 3 rings (SSSR count). The molecule has 0 saturated heterocycles. The number of aromatic nitrogens is 4. The highest BCUT2D eigenvalue weighted by Crippen LogP contribution is 2.25. The molecule has 0 bridgehead atoms. The van der Waals surface area contributed by atoms with Crippen molar-refractivity contribution >= 4 is 23.2 Å². The molecular formula is C16H12ClF2N5O2. The standard InChI is InChI=1S/C16H12ClF2N5O2/c17-16(18,19)26-13-8-6-12(7-9-13)20-14(25)10-24-22-15(21-23-24)11-4-2-1-3-5-11/h1-9H,10H2,(H,20,25). The number of anilines is 1. The van der Waals surface area contributed by atoms with Crippen LogP contribution in [-0.4, -0.2) is 31.7 Å². The first-order chi connectivity index (χ1) is 12.4. The Morgan fingerprint density at radius 3 is 2.50 bits per heavy atom. The van der Waals surface area contributed by atoms with Gasteiger partial charge in [-0.3, -0.25) is 4.79 Å². The molecule has 1 heterocycles. The maximum absolute atomic E-state index is 12.5. The average Bonchev–Trinajstić information content (AvgIpc) is 3.04. The van der Waals surface area contributed by atoms with Crippen LogP contribution in [0.15, 0.2) is 54.6 Å². The Morgan fingerprint density at radius 1 is 1.15 bits per heavy atom. The zero-order valence-electron chi connectivity index (χ0n) is 13.1. The second kappa shape index (κ2) is 7.44. The molecule has 0 atom stereocenters. The van der Waals surface area contributed by atoms with E-state index in [-0.39, 0.29) is 12.3 Å². The van der Waals surface area contributed by atoms with Gasteiger partial charge in [-0.05, 0) is 29.5 Å². The van der Waals surface area contributed by atoms with Crippen LogP contribution >= 0.6 is 11.6 Å². The lowest BCUT2D eigenvalue weighted by Crippen LogP contribution is -2.20. The van der Waals surface area contributed by atoms with Gasteiger partial charge in [-0.2, -0.15) is 4.80 Å². The summed E-state index contributed by atoms with van der Waals surface area (Å²) in [5.41, 5.74) is -2.62. The normalized spacial score (nSPS) is 11.2. The van der Waals surface area contributed by atoms with E-state index in [2.05, 4.69) is 37.1 Å². The smallest absolute Gasteiger partial charge is 0.420 e. The van der Waals surface area contributed by atoms with Crippen molar-refractivity contribution in [1.29, 1.82) is 0 Å². The fourth-order valence-corrected chi connectivity index (χ4v) is 2.17. The maximum Gasteiger partial charge on any atom is 0.487 e.